The molecule has 1 atom stereocenters. The average molecular weight is 248 g/mol. The standard InChI is InChI=1S/C11H16N6O/c1-4-9-8(5-7(2)12-13-9)10(18)6-11-14-16-17(3)15-11/h5,10,18H,4,6H2,1-3H3. The van der Waals surface area contributed by atoms with Crippen molar-refractivity contribution in [3.05, 3.63) is 28.8 Å². The van der Waals surface area contributed by atoms with Crippen LogP contribution in [0.4, 0.5) is 0 Å². The van der Waals surface area contributed by atoms with Crippen LogP contribution in [0.5, 0.6) is 0 Å². The van der Waals surface area contributed by atoms with Crippen molar-refractivity contribution < 1.29 is 5.11 Å². The molecular formula is C11H16N6O. The van der Waals surface area contributed by atoms with E-state index >= 15 is 0 Å². The molecule has 2 aromatic rings. The Morgan fingerprint density at radius 1 is 1.33 bits per heavy atom. The summed E-state index contributed by atoms with van der Waals surface area (Å²) >= 11 is 0. The van der Waals surface area contributed by atoms with E-state index in [1.165, 1.54) is 4.80 Å². The Morgan fingerprint density at radius 2 is 2.11 bits per heavy atom. The minimum absolute atomic E-state index is 0.325. The predicted molar refractivity (Wildman–Crippen MR) is 63.6 cm³/mol. The van der Waals surface area contributed by atoms with Crippen LogP contribution in [0.2, 0.25) is 0 Å². The van der Waals surface area contributed by atoms with Gasteiger partial charge in [0, 0.05) is 12.0 Å². The molecule has 0 radical (unpaired) electrons. The van der Waals surface area contributed by atoms with Gasteiger partial charge in [-0.05, 0) is 24.6 Å². The molecule has 7 nitrogen and oxygen atoms in total. The van der Waals surface area contributed by atoms with Gasteiger partial charge in [-0.2, -0.15) is 15.0 Å². The second kappa shape index (κ2) is 5.18. The summed E-state index contributed by atoms with van der Waals surface area (Å²) in [5.74, 6) is 0.515. The molecule has 1 N–H and O–H groups in total. The first kappa shape index (κ1) is 12.6. The quantitative estimate of drug-likeness (QED) is 0.828. The molecule has 2 rings (SSSR count). The van der Waals surface area contributed by atoms with Crippen molar-refractivity contribution in [1.29, 1.82) is 0 Å². The fourth-order valence-electron chi connectivity index (χ4n) is 1.79. The lowest BCUT2D eigenvalue weighted by Crippen LogP contribution is -2.09. The maximum absolute atomic E-state index is 10.2. The Balaban J connectivity index is 2.22. The van der Waals surface area contributed by atoms with Crippen molar-refractivity contribution in [2.75, 3.05) is 0 Å². The monoisotopic (exact) mass is 248 g/mol. The van der Waals surface area contributed by atoms with Crippen LogP contribution in [-0.4, -0.2) is 35.5 Å². The lowest BCUT2D eigenvalue weighted by Gasteiger charge is -2.12. The zero-order valence-corrected chi connectivity index (χ0v) is 10.7. The summed E-state index contributed by atoms with van der Waals surface area (Å²) in [7, 11) is 1.69. The summed E-state index contributed by atoms with van der Waals surface area (Å²) in [6, 6.07) is 1.85. The van der Waals surface area contributed by atoms with Crippen molar-refractivity contribution in [1.82, 2.24) is 30.4 Å². The van der Waals surface area contributed by atoms with Crippen LogP contribution in [0.1, 0.15) is 35.8 Å². The van der Waals surface area contributed by atoms with Gasteiger partial charge in [0.25, 0.3) is 0 Å². The van der Waals surface area contributed by atoms with Gasteiger partial charge >= 0.3 is 0 Å². The van der Waals surface area contributed by atoms with Gasteiger partial charge in [0.1, 0.15) is 0 Å². The van der Waals surface area contributed by atoms with Gasteiger partial charge in [-0.3, -0.25) is 0 Å². The van der Waals surface area contributed by atoms with Crippen LogP contribution >= 0.6 is 0 Å². The molecule has 0 saturated carbocycles. The van der Waals surface area contributed by atoms with Gasteiger partial charge in [0.15, 0.2) is 5.82 Å². The van der Waals surface area contributed by atoms with Gasteiger partial charge in [-0.1, -0.05) is 6.92 Å². The number of aliphatic hydroxyl groups is 1. The van der Waals surface area contributed by atoms with Crippen LogP contribution < -0.4 is 0 Å². The van der Waals surface area contributed by atoms with Crippen molar-refractivity contribution in [3.63, 3.8) is 0 Å². The number of hydrogen-bond acceptors (Lipinski definition) is 6. The Bertz CT molecular complexity index is 538. The highest BCUT2D eigenvalue weighted by atomic mass is 16.3. The fraction of sp³-hybridized carbons (Fsp3) is 0.545. The van der Waals surface area contributed by atoms with Crippen molar-refractivity contribution in [2.45, 2.75) is 32.8 Å². The number of aliphatic hydroxyl groups excluding tert-OH is 1. The molecule has 7 heteroatoms. The lowest BCUT2D eigenvalue weighted by molar-refractivity contribution is 0.174. The third kappa shape index (κ3) is 2.67. The molecule has 0 amide bonds. The summed E-state index contributed by atoms with van der Waals surface area (Å²) in [5, 5.41) is 30.0. The summed E-state index contributed by atoms with van der Waals surface area (Å²) < 4.78 is 0. The number of rotatable bonds is 4. The Kier molecular flexibility index (Phi) is 3.61. The topological polar surface area (TPSA) is 89.6 Å². The van der Waals surface area contributed by atoms with Gasteiger partial charge < -0.3 is 5.11 Å². The van der Waals surface area contributed by atoms with E-state index in [1.54, 1.807) is 7.05 Å². The van der Waals surface area contributed by atoms with Crippen LogP contribution in [0, 0.1) is 6.92 Å². The van der Waals surface area contributed by atoms with Gasteiger partial charge in [0.2, 0.25) is 0 Å². The van der Waals surface area contributed by atoms with Crippen LogP contribution in [0.3, 0.4) is 0 Å². The molecule has 1 unspecified atom stereocenters. The van der Waals surface area contributed by atoms with Crippen LogP contribution in [-0.2, 0) is 19.9 Å². The van der Waals surface area contributed by atoms with Gasteiger partial charge in [0.05, 0.1) is 24.5 Å². The van der Waals surface area contributed by atoms with E-state index in [0.717, 1.165) is 23.4 Å². The molecule has 2 heterocycles. The maximum atomic E-state index is 10.2. The zero-order chi connectivity index (χ0) is 13.1. The Morgan fingerprint density at radius 3 is 2.72 bits per heavy atom. The van der Waals surface area contributed by atoms with E-state index in [9.17, 15) is 5.11 Å². The maximum Gasteiger partial charge on any atom is 0.177 e. The molecule has 0 aromatic carbocycles. The zero-order valence-electron chi connectivity index (χ0n) is 10.7. The first-order chi connectivity index (χ1) is 8.60. The summed E-state index contributed by atoms with van der Waals surface area (Å²) in [6.45, 7) is 3.83. The molecule has 96 valence electrons. The molecule has 0 aliphatic carbocycles. The first-order valence-electron chi connectivity index (χ1n) is 5.84. The fourth-order valence-corrected chi connectivity index (χ4v) is 1.79. The third-order valence-electron chi connectivity index (χ3n) is 2.65. The van der Waals surface area contributed by atoms with Gasteiger partial charge in [-0.15, -0.1) is 10.2 Å². The molecular weight excluding hydrogens is 232 g/mol. The third-order valence-corrected chi connectivity index (χ3v) is 2.65. The largest absolute Gasteiger partial charge is 0.388 e. The lowest BCUT2D eigenvalue weighted by atomic mass is 10.0. The number of aromatic nitrogens is 6. The first-order valence-corrected chi connectivity index (χ1v) is 5.84. The normalized spacial score (nSPS) is 12.7. The Labute approximate surface area is 105 Å². The molecule has 0 bridgehead atoms. The second-order valence-electron chi connectivity index (χ2n) is 4.16. The Hall–Kier alpha value is -1.89. The molecule has 0 saturated heterocycles. The van der Waals surface area contributed by atoms with E-state index in [4.69, 9.17) is 0 Å². The smallest absolute Gasteiger partial charge is 0.177 e. The highest BCUT2D eigenvalue weighted by Gasteiger charge is 2.16. The summed E-state index contributed by atoms with van der Waals surface area (Å²) in [6.07, 6.45) is 0.373. The number of tetrazole rings is 1. The van der Waals surface area contributed by atoms with Crippen LogP contribution in [0.15, 0.2) is 6.07 Å². The molecule has 2 aromatic heterocycles. The highest BCUT2D eigenvalue weighted by Crippen LogP contribution is 2.20. The summed E-state index contributed by atoms with van der Waals surface area (Å²) in [4.78, 5) is 1.37. The van der Waals surface area contributed by atoms with Crippen molar-refractivity contribution in [2.24, 2.45) is 7.05 Å². The second-order valence-corrected chi connectivity index (χ2v) is 4.16. The van der Waals surface area contributed by atoms with Crippen LogP contribution in [0.25, 0.3) is 0 Å². The van der Waals surface area contributed by atoms with Crippen molar-refractivity contribution >= 4 is 0 Å². The number of aryl methyl sites for hydroxylation is 3. The average Bonchev–Trinajstić information content (AvgIpc) is 2.74. The number of nitrogens with zero attached hydrogens (tertiary/aromatic N) is 6. The summed E-state index contributed by atoms with van der Waals surface area (Å²) in [5.41, 5.74) is 2.38. The molecule has 0 aliphatic rings. The SMILES string of the molecule is CCc1nnc(C)cc1C(O)Cc1nnn(C)n1. The predicted octanol–water partition coefficient (Wildman–Crippen LogP) is 0.147. The minimum atomic E-state index is -0.682. The molecule has 0 spiro atoms. The molecule has 18 heavy (non-hydrogen) atoms. The van der Waals surface area contributed by atoms with Gasteiger partial charge in [-0.25, -0.2) is 0 Å². The van der Waals surface area contributed by atoms with E-state index < -0.39 is 6.10 Å². The van der Waals surface area contributed by atoms with E-state index in [2.05, 4.69) is 25.6 Å². The highest BCUT2D eigenvalue weighted by molar-refractivity contribution is 5.24. The van der Waals surface area contributed by atoms with Crippen molar-refractivity contribution in [3.8, 4) is 0 Å². The van der Waals surface area contributed by atoms with E-state index in [0.29, 0.717) is 12.2 Å². The minimum Gasteiger partial charge on any atom is -0.388 e. The van der Waals surface area contributed by atoms with E-state index in [-0.39, 0.29) is 0 Å². The van der Waals surface area contributed by atoms with E-state index in [1.807, 2.05) is 19.9 Å². The molecule has 0 fully saturated rings. The number of hydrogen-bond donors (Lipinski definition) is 1. The molecule has 0 aliphatic heterocycles.